The standard InChI is InChI=1S/C19H19N5O5/c1-28-10-4-2-9(3-5-10)14-11(6-20)13-17(21)22-8-23-18(13)24(14)19-16(27)15(26)12(7-25)29-19/h2-5,8,12,15-16,19,25-27H,7H2,1H3,(H2,21,22,23)/t12-,15+,16-,19-/m0/s1. The number of nitrogen functional groups attached to an aromatic ring is 1. The van der Waals surface area contributed by atoms with Gasteiger partial charge in [0, 0.05) is 0 Å². The van der Waals surface area contributed by atoms with Gasteiger partial charge in [-0.05, 0) is 29.8 Å². The second kappa shape index (κ2) is 7.31. The van der Waals surface area contributed by atoms with Crippen molar-refractivity contribution in [2.24, 2.45) is 0 Å². The summed E-state index contributed by atoms with van der Waals surface area (Å²) in [7, 11) is 1.54. The Labute approximate surface area is 165 Å². The third-order valence-electron chi connectivity index (χ3n) is 5.06. The van der Waals surface area contributed by atoms with Crippen molar-refractivity contribution in [3.05, 3.63) is 36.2 Å². The lowest BCUT2D eigenvalue weighted by molar-refractivity contribution is -0.0501. The van der Waals surface area contributed by atoms with Gasteiger partial charge in [0.15, 0.2) is 6.23 Å². The molecule has 0 aliphatic carbocycles. The maximum atomic E-state index is 10.6. The molecule has 5 N–H and O–H groups in total. The van der Waals surface area contributed by atoms with Gasteiger partial charge in [-0.25, -0.2) is 9.97 Å². The van der Waals surface area contributed by atoms with Crippen LogP contribution in [-0.2, 0) is 4.74 Å². The van der Waals surface area contributed by atoms with Crippen LogP contribution in [0.25, 0.3) is 22.3 Å². The zero-order chi connectivity index (χ0) is 20.7. The lowest BCUT2D eigenvalue weighted by Crippen LogP contribution is -2.33. The predicted octanol–water partition coefficient (Wildman–Crippen LogP) is 0.172. The molecule has 0 radical (unpaired) electrons. The van der Waals surface area contributed by atoms with Gasteiger partial charge in [-0.2, -0.15) is 5.26 Å². The van der Waals surface area contributed by atoms with Gasteiger partial charge in [-0.1, -0.05) is 0 Å². The monoisotopic (exact) mass is 397 g/mol. The number of nitriles is 1. The first-order valence-electron chi connectivity index (χ1n) is 8.83. The molecule has 10 heteroatoms. The summed E-state index contributed by atoms with van der Waals surface area (Å²) in [6.07, 6.45) is -3.51. The van der Waals surface area contributed by atoms with Gasteiger partial charge in [0.1, 0.15) is 47.9 Å². The van der Waals surface area contributed by atoms with Crippen LogP contribution in [0.2, 0.25) is 0 Å². The second-order valence-electron chi connectivity index (χ2n) is 6.62. The molecule has 29 heavy (non-hydrogen) atoms. The maximum absolute atomic E-state index is 10.6. The number of rotatable bonds is 4. The molecule has 0 amide bonds. The minimum Gasteiger partial charge on any atom is -0.497 e. The number of nitrogens with two attached hydrogens (primary N) is 1. The van der Waals surface area contributed by atoms with E-state index in [-0.39, 0.29) is 17.0 Å². The fraction of sp³-hybridized carbons (Fsp3) is 0.316. The summed E-state index contributed by atoms with van der Waals surface area (Å²) in [5.41, 5.74) is 7.52. The molecule has 1 aliphatic rings. The van der Waals surface area contributed by atoms with Crippen molar-refractivity contribution in [2.75, 3.05) is 19.5 Å². The van der Waals surface area contributed by atoms with Crippen LogP contribution in [0.3, 0.4) is 0 Å². The van der Waals surface area contributed by atoms with Crippen molar-refractivity contribution in [2.45, 2.75) is 24.5 Å². The first-order chi connectivity index (χ1) is 14.0. The fourth-order valence-electron chi connectivity index (χ4n) is 3.64. The first-order valence-corrected chi connectivity index (χ1v) is 8.83. The Kier molecular flexibility index (Phi) is 4.81. The minimum atomic E-state index is -1.36. The van der Waals surface area contributed by atoms with Crippen LogP contribution in [0.15, 0.2) is 30.6 Å². The number of nitrogens with zero attached hydrogens (tertiary/aromatic N) is 4. The number of hydrogen-bond donors (Lipinski definition) is 4. The molecule has 10 nitrogen and oxygen atoms in total. The van der Waals surface area contributed by atoms with Gasteiger partial charge in [0.05, 0.1) is 30.4 Å². The molecule has 1 saturated heterocycles. The van der Waals surface area contributed by atoms with E-state index in [1.165, 1.54) is 10.9 Å². The summed E-state index contributed by atoms with van der Waals surface area (Å²) in [4.78, 5) is 8.22. The van der Waals surface area contributed by atoms with Gasteiger partial charge < -0.3 is 30.5 Å². The Morgan fingerprint density at radius 3 is 2.55 bits per heavy atom. The van der Waals surface area contributed by atoms with Crippen LogP contribution in [0.1, 0.15) is 11.8 Å². The Morgan fingerprint density at radius 2 is 1.97 bits per heavy atom. The smallest absolute Gasteiger partial charge is 0.165 e. The third-order valence-corrected chi connectivity index (χ3v) is 5.06. The van der Waals surface area contributed by atoms with Crippen molar-refractivity contribution < 1.29 is 24.8 Å². The summed E-state index contributed by atoms with van der Waals surface area (Å²) < 4.78 is 12.4. The topological polar surface area (TPSA) is 160 Å². The Balaban J connectivity index is 2.02. The molecule has 0 saturated carbocycles. The van der Waals surface area contributed by atoms with Crippen molar-refractivity contribution in [1.29, 1.82) is 5.26 Å². The zero-order valence-corrected chi connectivity index (χ0v) is 15.4. The van der Waals surface area contributed by atoms with Gasteiger partial charge >= 0.3 is 0 Å². The van der Waals surface area contributed by atoms with Crippen LogP contribution >= 0.6 is 0 Å². The molecule has 0 bridgehead atoms. The lowest BCUT2D eigenvalue weighted by Gasteiger charge is -2.21. The van der Waals surface area contributed by atoms with E-state index < -0.39 is 31.1 Å². The van der Waals surface area contributed by atoms with E-state index in [9.17, 15) is 20.6 Å². The number of hydrogen-bond acceptors (Lipinski definition) is 9. The normalized spacial score (nSPS) is 24.0. The highest BCUT2D eigenvalue weighted by Crippen LogP contribution is 2.41. The van der Waals surface area contributed by atoms with E-state index in [0.717, 1.165) is 0 Å². The second-order valence-corrected chi connectivity index (χ2v) is 6.62. The SMILES string of the molecule is COc1ccc(-c2c(C#N)c3c(N)ncnc3n2[C@H]2O[C@@H](CO)[C@@H](O)[C@@H]2O)cc1. The Bertz CT molecular complexity index is 1090. The van der Waals surface area contributed by atoms with E-state index in [4.69, 9.17) is 15.2 Å². The Morgan fingerprint density at radius 1 is 1.24 bits per heavy atom. The first kappa shape index (κ1) is 19.1. The van der Waals surface area contributed by atoms with E-state index in [0.29, 0.717) is 22.4 Å². The van der Waals surface area contributed by atoms with E-state index in [2.05, 4.69) is 16.0 Å². The zero-order valence-electron chi connectivity index (χ0n) is 15.4. The molecular weight excluding hydrogens is 378 g/mol. The number of aromatic nitrogens is 3. The molecule has 1 fully saturated rings. The Hall–Kier alpha value is -3.23. The number of methoxy groups -OCH3 is 1. The number of anilines is 1. The van der Waals surface area contributed by atoms with Crippen molar-refractivity contribution in [3.63, 3.8) is 0 Å². The van der Waals surface area contributed by atoms with Crippen molar-refractivity contribution in [3.8, 4) is 23.1 Å². The highest BCUT2D eigenvalue weighted by Gasteiger charge is 2.45. The highest BCUT2D eigenvalue weighted by molar-refractivity contribution is 5.98. The fourth-order valence-corrected chi connectivity index (χ4v) is 3.64. The van der Waals surface area contributed by atoms with Crippen LogP contribution < -0.4 is 10.5 Å². The molecule has 4 rings (SSSR count). The molecule has 1 aliphatic heterocycles. The van der Waals surface area contributed by atoms with Crippen LogP contribution in [0.4, 0.5) is 5.82 Å². The highest BCUT2D eigenvalue weighted by atomic mass is 16.6. The summed E-state index contributed by atoms with van der Waals surface area (Å²) in [6, 6.07) is 9.09. The predicted molar refractivity (Wildman–Crippen MR) is 102 cm³/mol. The number of ether oxygens (including phenoxy) is 2. The molecule has 150 valence electrons. The third kappa shape index (κ3) is 2.88. The largest absolute Gasteiger partial charge is 0.497 e. The van der Waals surface area contributed by atoms with Crippen LogP contribution in [0, 0.1) is 11.3 Å². The quantitative estimate of drug-likeness (QED) is 0.481. The summed E-state index contributed by atoms with van der Waals surface area (Å²) >= 11 is 0. The van der Waals surface area contributed by atoms with Crippen molar-refractivity contribution >= 4 is 16.9 Å². The average molecular weight is 397 g/mol. The van der Waals surface area contributed by atoms with Gasteiger partial charge in [-0.15, -0.1) is 0 Å². The molecule has 2 aromatic heterocycles. The minimum absolute atomic E-state index is 0.104. The summed E-state index contributed by atoms with van der Waals surface area (Å²) in [5, 5.41) is 40.5. The van der Waals surface area contributed by atoms with Gasteiger partial charge in [-0.3, -0.25) is 4.57 Å². The van der Waals surface area contributed by atoms with Gasteiger partial charge in [0.2, 0.25) is 0 Å². The van der Waals surface area contributed by atoms with Crippen molar-refractivity contribution in [1.82, 2.24) is 14.5 Å². The number of aliphatic hydroxyl groups excluding tert-OH is 3. The average Bonchev–Trinajstić information content (AvgIpc) is 3.23. The summed E-state index contributed by atoms with van der Waals surface area (Å²) in [5.74, 6) is 0.731. The van der Waals surface area contributed by atoms with Crippen LogP contribution in [-0.4, -0.2) is 61.9 Å². The summed E-state index contributed by atoms with van der Waals surface area (Å²) in [6.45, 7) is -0.478. The molecule has 1 aromatic carbocycles. The molecule has 4 atom stereocenters. The van der Waals surface area contributed by atoms with Gasteiger partial charge in [0.25, 0.3) is 0 Å². The lowest BCUT2D eigenvalue weighted by atomic mass is 10.1. The van der Waals surface area contributed by atoms with E-state index in [1.54, 1.807) is 31.4 Å². The van der Waals surface area contributed by atoms with E-state index in [1.807, 2.05) is 0 Å². The van der Waals surface area contributed by atoms with Crippen LogP contribution in [0.5, 0.6) is 5.75 Å². The number of fused-ring (bicyclic) bond motifs is 1. The molecular formula is C19H19N5O5. The number of benzene rings is 1. The number of aliphatic hydroxyl groups is 3. The molecule has 0 spiro atoms. The molecule has 0 unspecified atom stereocenters. The maximum Gasteiger partial charge on any atom is 0.165 e. The molecule has 3 aromatic rings. The molecule has 3 heterocycles. The van der Waals surface area contributed by atoms with E-state index >= 15 is 0 Å².